The second-order valence-electron chi connectivity index (χ2n) is 3.90. The van der Waals surface area contributed by atoms with Crippen LogP contribution in [0.25, 0.3) is 0 Å². The second kappa shape index (κ2) is 8.10. The number of benzene rings is 1. The summed E-state index contributed by atoms with van der Waals surface area (Å²) in [6.45, 7) is 0.264. The molecule has 6 heteroatoms. The molecule has 1 unspecified atom stereocenters. The molecule has 0 spiro atoms. The smallest absolute Gasteiger partial charge is 0.407 e. The standard InChI is InChI=1S/C13H17NO5/c1-18-11(7-12(15)16)8-14-13(17)19-9-10-5-3-2-4-6-10/h2-6,11H,7-9H2,1H3,(H,14,17)(H,15,16). The Balaban J connectivity index is 2.25. The highest BCUT2D eigenvalue weighted by Crippen LogP contribution is 2.01. The molecular weight excluding hydrogens is 250 g/mol. The summed E-state index contributed by atoms with van der Waals surface area (Å²) in [7, 11) is 1.39. The van der Waals surface area contributed by atoms with E-state index in [0.29, 0.717) is 0 Å². The number of hydrogen-bond donors (Lipinski definition) is 2. The largest absolute Gasteiger partial charge is 0.481 e. The lowest BCUT2D eigenvalue weighted by Gasteiger charge is -2.13. The fourth-order valence-corrected chi connectivity index (χ4v) is 1.40. The molecule has 0 aliphatic carbocycles. The third-order valence-electron chi connectivity index (χ3n) is 2.42. The fraction of sp³-hybridized carbons (Fsp3) is 0.385. The van der Waals surface area contributed by atoms with E-state index in [0.717, 1.165) is 5.56 Å². The third-order valence-corrected chi connectivity index (χ3v) is 2.42. The van der Waals surface area contributed by atoms with Gasteiger partial charge in [0.05, 0.1) is 12.5 Å². The molecule has 2 N–H and O–H groups in total. The molecule has 0 bridgehead atoms. The fourth-order valence-electron chi connectivity index (χ4n) is 1.40. The minimum absolute atomic E-state index is 0.0937. The molecule has 0 radical (unpaired) electrons. The van der Waals surface area contributed by atoms with Crippen molar-refractivity contribution in [2.45, 2.75) is 19.1 Å². The summed E-state index contributed by atoms with van der Waals surface area (Å²) in [6, 6.07) is 9.26. The van der Waals surface area contributed by atoms with Crippen molar-refractivity contribution in [3.63, 3.8) is 0 Å². The van der Waals surface area contributed by atoms with Gasteiger partial charge in [-0.3, -0.25) is 4.79 Å². The van der Waals surface area contributed by atoms with E-state index in [2.05, 4.69) is 5.32 Å². The van der Waals surface area contributed by atoms with Crippen molar-refractivity contribution >= 4 is 12.1 Å². The van der Waals surface area contributed by atoms with E-state index < -0.39 is 18.2 Å². The van der Waals surface area contributed by atoms with Crippen LogP contribution < -0.4 is 5.32 Å². The van der Waals surface area contributed by atoms with Crippen LogP contribution in [0.5, 0.6) is 0 Å². The summed E-state index contributed by atoms with van der Waals surface area (Å²) in [4.78, 5) is 21.9. The first-order valence-electron chi connectivity index (χ1n) is 5.81. The van der Waals surface area contributed by atoms with Gasteiger partial charge >= 0.3 is 12.1 Å². The average molecular weight is 267 g/mol. The lowest BCUT2D eigenvalue weighted by atomic mass is 10.2. The number of nitrogens with one attached hydrogen (secondary N) is 1. The molecule has 1 aromatic rings. The van der Waals surface area contributed by atoms with Crippen molar-refractivity contribution in [2.24, 2.45) is 0 Å². The lowest BCUT2D eigenvalue weighted by molar-refractivity contribution is -0.139. The number of amides is 1. The zero-order chi connectivity index (χ0) is 14.1. The van der Waals surface area contributed by atoms with Gasteiger partial charge in [0, 0.05) is 13.7 Å². The van der Waals surface area contributed by atoms with Crippen molar-refractivity contribution in [3.8, 4) is 0 Å². The number of aliphatic carboxylic acids is 1. The number of hydrogen-bond acceptors (Lipinski definition) is 4. The van der Waals surface area contributed by atoms with Gasteiger partial charge < -0.3 is 19.9 Å². The monoisotopic (exact) mass is 267 g/mol. The maximum atomic E-state index is 11.4. The minimum Gasteiger partial charge on any atom is -0.481 e. The molecule has 1 rings (SSSR count). The highest BCUT2D eigenvalue weighted by molar-refractivity contribution is 5.68. The van der Waals surface area contributed by atoms with Gasteiger partial charge in [0.2, 0.25) is 0 Å². The topological polar surface area (TPSA) is 84.9 Å². The van der Waals surface area contributed by atoms with Crippen LogP contribution in [0.15, 0.2) is 30.3 Å². The summed E-state index contributed by atoms with van der Waals surface area (Å²) in [6.07, 6.45) is -1.34. The number of alkyl carbamates (subject to hydrolysis) is 1. The Labute approximate surface area is 111 Å². The summed E-state index contributed by atoms with van der Waals surface area (Å²) in [5.41, 5.74) is 0.881. The number of methoxy groups -OCH3 is 1. The van der Waals surface area contributed by atoms with Crippen molar-refractivity contribution in [3.05, 3.63) is 35.9 Å². The zero-order valence-corrected chi connectivity index (χ0v) is 10.7. The van der Waals surface area contributed by atoms with Crippen LogP contribution in [0.2, 0.25) is 0 Å². The quantitative estimate of drug-likeness (QED) is 0.780. The molecule has 0 aliphatic heterocycles. The summed E-state index contributed by atoms with van der Waals surface area (Å²) >= 11 is 0. The third kappa shape index (κ3) is 6.42. The van der Waals surface area contributed by atoms with Crippen molar-refractivity contribution in [1.29, 1.82) is 0 Å². The van der Waals surface area contributed by atoms with Crippen LogP contribution in [0, 0.1) is 0 Å². The number of carboxylic acid groups (broad SMARTS) is 1. The van der Waals surface area contributed by atoms with Crippen LogP contribution in [-0.2, 0) is 20.9 Å². The Morgan fingerprint density at radius 2 is 2.00 bits per heavy atom. The van der Waals surface area contributed by atoms with Gasteiger partial charge in [0.1, 0.15) is 6.61 Å². The van der Waals surface area contributed by atoms with Crippen molar-refractivity contribution < 1.29 is 24.2 Å². The van der Waals surface area contributed by atoms with Gasteiger partial charge in [-0.1, -0.05) is 30.3 Å². The number of carbonyl (C=O) groups excluding carboxylic acids is 1. The van der Waals surface area contributed by atoms with Gasteiger partial charge in [-0.15, -0.1) is 0 Å². The van der Waals surface area contributed by atoms with E-state index in [4.69, 9.17) is 14.6 Å². The molecule has 19 heavy (non-hydrogen) atoms. The van der Waals surface area contributed by atoms with Gasteiger partial charge in [-0.25, -0.2) is 4.79 Å². The van der Waals surface area contributed by atoms with E-state index in [1.165, 1.54) is 7.11 Å². The highest BCUT2D eigenvalue weighted by Gasteiger charge is 2.13. The van der Waals surface area contributed by atoms with Crippen molar-refractivity contribution in [2.75, 3.05) is 13.7 Å². The van der Waals surface area contributed by atoms with Gasteiger partial charge in [0.15, 0.2) is 0 Å². The van der Waals surface area contributed by atoms with E-state index in [1.807, 2.05) is 30.3 Å². The molecule has 6 nitrogen and oxygen atoms in total. The number of carboxylic acids is 1. The molecule has 0 saturated carbocycles. The molecule has 0 heterocycles. The molecule has 0 fully saturated rings. The molecule has 1 amide bonds. The second-order valence-corrected chi connectivity index (χ2v) is 3.90. The summed E-state index contributed by atoms with van der Waals surface area (Å²) < 4.78 is 9.90. The first kappa shape index (κ1) is 15.0. The normalized spacial score (nSPS) is 11.6. The van der Waals surface area contributed by atoms with Gasteiger partial charge in [0.25, 0.3) is 0 Å². The minimum atomic E-state index is -0.980. The molecule has 0 aromatic heterocycles. The first-order chi connectivity index (χ1) is 9.11. The van der Waals surface area contributed by atoms with Crippen LogP contribution in [0.3, 0.4) is 0 Å². The predicted molar refractivity (Wildman–Crippen MR) is 67.7 cm³/mol. The summed E-state index contributed by atoms with van der Waals surface area (Å²) in [5.74, 6) is -0.980. The van der Waals surface area contributed by atoms with E-state index in [-0.39, 0.29) is 19.6 Å². The van der Waals surface area contributed by atoms with Gasteiger partial charge in [-0.2, -0.15) is 0 Å². The Morgan fingerprint density at radius 1 is 1.32 bits per heavy atom. The average Bonchev–Trinajstić information content (AvgIpc) is 2.42. The van der Waals surface area contributed by atoms with Crippen LogP contribution in [-0.4, -0.2) is 36.9 Å². The molecule has 1 aromatic carbocycles. The van der Waals surface area contributed by atoms with Crippen LogP contribution in [0.1, 0.15) is 12.0 Å². The SMILES string of the molecule is COC(CNC(=O)OCc1ccccc1)CC(=O)O. The maximum absolute atomic E-state index is 11.4. The van der Waals surface area contributed by atoms with Crippen LogP contribution in [0.4, 0.5) is 4.79 Å². The Hall–Kier alpha value is -2.08. The molecule has 0 saturated heterocycles. The van der Waals surface area contributed by atoms with Crippen LogP contribution >= 0.6 is 0 Å². The number of rotatable bonds is 7. The van der Waals surface area contributed by atoms with Gasteiger partial charge in [-0.05, 0) is 5.56 Å². The number of carbonyl (C=O) groups is 2. The maximum Gasteiger partial charge on any atom is 0.407 e. The first-order valence-corrected chi connectivity index (χ1v) is 5.81. The summed E-state index contributed by atoms with van der Waals surface area (Å²) in [5, 5.41) is 11.1. The van der Waals surface area contributed by atoms with E-state index in [9.17, 15) is 9.59 Å². The number of ether oxygens (including phenoxy) is 2. The molecule has 104 valence electrons. The molecular formula is C13H17NO5. The lowest BCUT2D eigenvalue weighted by Crippen LogP contribution is -2.34. The Morgan fingerprint density at radius 3 is 2.58 bits per heavy atom. The molecule has 0 aliphatic rings. The Kier molecular flexibility index (Phi) is 6.38. The Bertz CT molecular complexity index is 407. The predicted octanol–water partition coefficient (Wildman–Crippen LogP) is 1.40. The van der Waals surface area contributed by atoms with E-state index >= 15 is 0 Å². The van der Waals surface area contributed by atoms with E-state index in [1.54, 1.807) is 0 Å². The highest BCUT2D eigenvalue weighted by atomic mass is 16.5. The van der Waals surface area contributed by atoms with Crippen molar-refractivity contribution in [1.82, 2.24) is 5.32 Å². The molecule has 1 atom stereocenters. The zero-order valence-electron chi connectivity index (χ0n) is 10.7.